The van der Waals surface area contributed by atoms with Gasteiger partial charge in [0.05, 0.1) is 8.79 Å². The van der Waals surface area contributed by atoms with Crippen molar-refractivity contribution in [2.45, 2.75) is 25.3 Å². The Morgan fingerprint density at radius 3 is 2.72 bits per heavy atom. The van der Waals surface area contributed by atoms with E-state index in [-0.39, 0.29) is 24.0 Å². The minimum absolute atomic E-state index is 0. The molecule has 25 heavy (non-hydrogen) atoms. The first-order valence-corrected chi connectivity index (χ1v) is 10.7. The lowest BCUT2D eigenvalue weighted by atomic mass is 10.1. The van der Waals surface area contributed by atoms with E-state index in [9.17, 15) is 0 Å². The SMILES string of the molecule is CN=C(NCCc1ccc(Br)s1)NC1CCN(c2cccs2)CC1.I. The van der Waals surface area contributed by atoms with Crippen molar-refractivity contribution < 1.29 is 0 Å². The van der Waals surface area contributed by atoms with Gasteiger partial charge in [0.2, 0.25) is 0 Å². The molecule has 0 unspecified atom stereocenters. The number of thiophene rings is 2. The van der Waals surface area contributed by atoms with Crippen LogP contribution in [0, 0.1) is 0 Å². The van der Waals surface area contributed by atoms with Gasteiger partial charge in [-0.15, -0.1) is 46.7 Å². The average molecular weight is 555 g/mol. The van der Waals surface area contributed by atoms with Crippen molar-refractivity contribution in [1.82, 2.24) is 10.6 Å². The second-order valence-corrected chi connectivity index (χ2v) is 9.29. The molecule has 3 rings (SSSR count). The van der Waals surface area contributed by atoms with Crippen molar-refractivity contribution in [3.05, 3.63) is 38.3 Å². The number of hydrogen-bond donors (Lipinski definition) is 2. The molecule has 2 aromatic rings. The van der Waals surface area contributed by atoms with Crippen molar-refractivity contribution in [3.63, 3.8) is 0 Å². The number of guanidine groups is 1. The zero-order chi connectivity index (χ0) is 16.8. The standard InChI is InChI=1S/C17H23BrN4S2.HI/c1-19-17(20-9-6-14-4-5-15(18)24-14)21-13-7-10-22(11-8-13)16-3-2-12-23-16;/h2-5,12-13H,6-11H2,1H3,(H2,19,20,21);1H. The van der Waals surface area contributed by atoms with Crippen LogP contribution in [0.25, 0.3) is 0 Å². The molecule has 1 aliphatic rings. The lowest BCUT2D eigenvalue weighted by Crippen LogP contribution is -2.49. The molecule has 1 saturated heterocycles. The summed E-state index contributed by atoms with van der Waals surface area (Å²) in [6.45, 7) is 3.12. The summed E-state index contributed by atoms with van der Waals surface area (Å²) in [6.07, 6.45) is 3.32. The molecule has 138 valence electrons. The number of nitrogens with zero attached hydrogens (tertiary/aromatic N) is 2. The highest BCUT2D eigenvalue weighted by Gasteiger charge is 2.20. The predicted molar refractivity (Wildman–Crippen MR) is 125 cm³/mol. The van der Waals surface area contributed by atoms with Crippen molar-refractivity contribution in [2.24, 2.45) is 4.99 Å². The highest BCUT2D eigenvalue weighted by Crippen LogP contribution is 2.25. The third-order valence-corrected chi connectivity index (χ3v) is 6.78. The summed E-state index contributed by atoms with van der Waals surface area (Å²) >= 11 is 7.13. The van der Waals surface area contributed by atoms with Gasteiger partial charge in [-0.25, -0.2) is 0 Å². The van der Waals surface area contributed by atoms with Gasteiger partial charge in [-0.3, -0.25) is 4.99 Å². The Balaban J connectivity index is 0.00000225. The Hall–Kier alpha value is -0.320. The molecule has 8 heteroatoms. The fraction of sp³-hybridized carbons (Fsp3) is 0.471. The van der Waals surface area contributed by atoms with Crippen LogP contribution in [-0.4, -0.2) is 38.7 Å². The van der Waals surface area contributed by atoms with Crippen LogP contribution in [0.1, 0.15) is 17.7 Å². The molecular weight excluding hydrogens is 531 g/mol. The number of hydrogen-bond acceptors (Lipinski definition) is 4. The van der Waals surface area contributed by atoms with Crippen molar-refractivity contribution in [2.75, 3.05) is 31.6 Å². The summed E-state index contributed by atoms with van der Waals surface area (Å²) in [4.78, 5) is 8.23. The van der Waals surface area contributed by atoms with Crippen molar-refractivity contribution >= 4 is 73.5 Å². The summed E-state index contributed by atoms with van der Waals surface area (Å²) < 4.78 is 1.19. The maximum absolute atomic E-state index is 4.36. The number of nitrogens with one attached hydrogen (secondary N) is 2. The maximum atomic E-state index is 4.36. The predicted octanol–water partition coefficient (Wildman–Crippen LogP) is 4.57. The minimum atomic E-state index is 0. The molecule has 0 atom stereocenters. The molecule has 2 aromatic heterocycles. The molecule has 2 N–H and O–H groups in total. The van der Waals surface area contributed by atoms with Gasteiger partial charge in [0.15, 0.2) is 5.96 Å². The third-order valence-electron chi connectivity index (χ3n) is 4.17. The van der Waals surface area contributed by atoms with E-state index in [0.717, 1.165) is 44.9 Å². The van der Waals surface area contributed by atoms with Gasteiger partial charge >= 0.3 is 0 Å². The molecule has 4 nitrogen and oxygen atoms in total. The Bertz CT molecular complexity index is 651. The lowest BCUT2D eigenvalue weighted by molar-refractivity contribution is 0.463. The highest BCUT2D eigenvalue weighted by molar-refractivity contribution is 14.0. The molecular formula is C17H24BrIN4S2. The van der Waals surface area contributed by atoms with Gasteiger partial charge in [0, 0.05) is 37.6 Å². The van der Waals surface area contributed by atoms with Gasteiger partial charge in [0.25, 0.3) is 0 Å². The van der Waals surface area contributed by atoms with Crippen LogP contribution in [0.5, 0.6) is 0 Å². The zero-order valence-corrected chi connectivity index (χ0v) is 19.8. The molecule has 0 amide bonds. The van der Waals surface area contributed by atoms with E-state index in [1.807, 2.05) is 18.4 Å². The molecule has 0 bridgehead atoms. The highest BCUT2D eigenvalue weighted by atomic mass is 127. The van der Waals surface area contributed by atoms with Crippen LogP contribution in [-0.2, 0) is 6.42 Å². The third kappa shape index (κ3) is 6.41. The summed E-state index contributed by atoms with van der Waals surface area (Å²) in [5.41, 5.74) is 0. The number of halogens is 2. The van der Waals surface area contributed by atoms with Gasteiger partial charge < -0.3 is 15.5 Å². The number of anilines is 1. The second kappa shape index (κ2) is 10.7. The lowest BCUT2D eigenvalue weighted by Gasteiger charge is -2.33. The number of aliphatic imine (C=N–C) groups is 1. The first-order valence-electron chi connectivity index (χ1n) is 8.24. The van der Waals surface area contributed by atoms with Crippen LogP contribution in [0.2, 0.25) is 0 Å². The van der Waals surface area contributed by atoms with Gasteiger partial charge in [-0.1, -0.05) is 0 Å². The molecule has 3 heterocycles. The van der Waals surface area contributed by atoms with Crippen molar-refractivity contribution in [1.29, 1.82) is 0 Å². The van der Waals surface area contributed by atoms with Gasteiger partial charge in [-0.05, 0) is 64.8 Å². The summed E-state index contributed by atoms with van der Waals surface area (Å²) in [7, 11) is 1.85. The minimum Gasteiger partial charge on any atom is -0.363 e. The smallest absolute Gasteiger partial charge is 0.191 e. The van der Waals surface area contributed by atoms with Crippen LogP contribution in [0.4, 0.5) is 5.00 Å². The summed E-state index contributed by atoms with van der Waals surface area (Å²) in [5, 5.41) is 10.5. The van der Waals surface area contributed by atoms with E-state index >= 15 is 0 Å². The summed E-state index contributed by atoms with van der Waals surface area (Å²) in [6, 6.07) is 9.12. The van der Waals surface area contributed by atoms with E-state index in [1.165, 1.54) is 13.7 Å². The summed E-state index contributed by atoms with van der Waals surface area (Å²) in [5.74, 6) is 0.917. The number of piperidine rings is 1. The molecule has 0 saturated carbocycles. The Labute approximate surface area is 183 Å². The zero-order valence-electron chi connectivity index (χ0n) is 14.2. The molecule has 0 aliphatic carbocycles. The Kier molecular flexibility index (Phi) is 9.01. The fourth-order valence-corrected chi connectivity index (χ4v) is 5.14. The van der Waals surface area contributed by atoms with Gasteiger partial charge in [0.1, 0.15) is 0 Å². The van der Waals surface area contributed by atoms with E-state index in [1.54, 1.807) is 11.3 Å². The molecule has 0 aromatic carbocycles. The Morgan fingerprint density at radius 1 is 1.32 bits per heavy atom. The largest absolute Gasteiger partial charge is 0.363 e. The van der Waals surface area contributed by atoms with E-state index < -0.39 is 0 Å². The van der Waals surface area contributed by atoms with E-state index in [0.29, 0.717) is 6.04 Å². The Morgan fingerprint density at radius 2 is 2.12 bits per heavy atom. The molecule has 0 radical (unpaired) electrons. The van der Waals surface area contributed by atoms with E-state index in [4.69, 9.17) is 0 Å². The monoisotopic (exact) mass is 554 g/mol. The average Bonchev–Trinajstić information content (AvgIpc) is 3.26. The normalized spacial score (nSPS) is 15.8. The molecule has 0 spiro atoms. The first-order chi connectivity index (χ1) is 11.7. The van der Waals surface area contributed by atoms with Crippen LogP contribution >= 0.6 is 62.6 Å². The first kappa shape index (κ1) is 21.0. The van der Waals surface area contributed by atoms with Crippen LogP contribution in [0.3, 0.4) is 0 Å². The van der Waals surface area contributed by atoms with Crippen LogP contribution in [0.15, 0.2) is 38.4 Å². The van der Waals surface area contributed by atoms with E-state index in [2.05, 4.69) is 66.1 Å². The fourth-order valence-electron chi connectivity index (χ4n) is 2.87. The maximum Gasteiger partial charge on any atom is 0.191 e. The van der Waals surface area contributed by atoms with Crippen molar-refractivity contribution in [3.8, 4) is 0 Å². The molecule has 1 fully saturated rings. The topological polar surface area (TPSA) is 39.7 Å². The van der Waals surface area contributed by atoms with Gasteiger partial charge in [-0.2, -0.15) is 0 Å². The molecule has 1 aliphatic heterocycles. The number of rotatable bonds is 5. The quantitative estimate of drug-likeness (QED) is 0.323. The second-order valence-electron chi connectivity index (χ2n) is 5.81. The van der Waals surface area contributed by atoms with Crippen LogP contribution < -0.4 is 15.5 Å².